The third-order valence-corrected chi connectivity index (χ3v) is 11.2. The molecule has 4 aromatic rings. The van der Waals surface area contributed by atoms with E-state index in [0.29, 0.717) is 5.56 Å². The first-order valence-electron chi connectivity index (χ1n) is 18.7. The molecule has 0 amide bonds. The van der Waals surface area contributed by atoms with Crippen LogP contribution in [0.1, 0.15) is 104 Å². The van der Waals surface area contributed by atoms with Crippen LogP contribution in [-0.4, -0.2) is 47.7 Å². The minimum atomic E-state index is -4.48. The molecule has 2 heterocycles. The third-order valence-electron chi connectivity index (χ3n) is 11.0. The lowest BCUT2D eigenvalue weighted by Crippen LogP contribution is -2.41. The smallest absolute Gasteiger partial charge is 0.399 e. The predicted molar refractivity (Wildman–Crippen MR) is 219 cm³/mol. The minimum Gasteiger partial charge on any atom is -0.399 e. The van der Waals surface area contributed by atoms with Crippen molar-refractivity contribution in [2.75, 3.05) is 5.73 Å². The van der Waals surface area contributed by atoms with Crippen LogP contribution in [0.2, 0.25) is 0 Å². The van der Waals surface area contributed by atoms with Crippen molar-refractivity contribution in [3.05, 3.63) is 124 Å². The second-order valence-electron chi connectivity index (χ2n) is 16.5. The van der Waals surface area contributed by atoms with Gasteiger partial charge < -0.3 is 24.4 Å². The molecule has 59 heavy (non-hydrogen) atoms. The first kappa shape index (κ1) is 47.5. The zero-order valence-electron chi connectivity index (χ0n) is 34.6. The molecule has 0 saturated carbocycles. The monoisotopic (exact) mass is 845 g/mol. The van der Waals surface area contributed by atoms with Gasteiger partial charge in [-0.15, -0.1) is 0 Å². The number of anilines is 1. The van der Waals surface area contributed by atoms with Crippen LogP contribution in [0.15, 0.2) is 84.9 Å². The zero-order chi connectivity index (χ0) is 44.5. The predicted octanol–water partition coefficient (Wildman–Crippen LogP) is 9.70. The van der Waals surface area contributed by atoms with Gasteiger partial charge in [0, 0.05) is 23.2 Å². The van der Waals surface area contributed by atoms with E-state index in [9.17, 15) is 35.9 Å². The number of hydrogen-bond donors (Lipinski definition) is 1. The van der Waals surface area contributed by atoms with Gasteiger partial charge in [-0.25, -0.2) is 0 Å². The van der Waals surface area contributed by atoms with Crippen molar-refractivity contribution in [3.63, 3.8) is 0 Å². The van der Waals surface area contributed by atoms with Gasteiger partial charge in [-0.05, 0) is 134 Å². The van der Waals surface area contributed by atoms with Crippen LogP contribution < -0.4 is 16.7 Å². The topological polar surface area (TPSA) is 97.1 Å². The highest BCUT2D eigenvalue weighted by Crippen LogP contribution is 2.38. The number of Topliss-reactive ketones (excluding diaryl/α,β-unsaturated/α-hetero) is 1. The lowest BCUT2D eigenvalue weighted by atomic mass is 9.75. The van der Waals surface area contributed by atoms with Crippen LogP contribution in [0.4, 0.5) is 32.0 Å². The Balaban J connectivity index is 0.000000216. The summed E-state index contributed by atoms with van der Waals surface area (Å²) < 4.78 is 99.2. The second kappa shape index (κ2) is 17.5. The minimum absolute atomic E-state index is 0.00586. The van der Waals surface area contributed by atoms with Crippen molar-refractivity contribution < 1.29 is 54.5 Å². The van der Waals surface area contributed by atoms with Gasteiger partial charge >= 0.3 is 26.6 Å². The van der Waals surface area contributed by atoms with Gasteiger partial charge in [0.25, 0.3) is 5.24 Å². The summed E-state index contributed by atoms with van der Waals surface area (Å²) in [6.07, 6.45) is -8.93. The fraction of sp³-hybridized carbons (Fsp3) is 0.395. The fourth-order valence-electron chi connectivity index (χ4n) is 5.88. The third kappa shape index (κ3) is 11.6. The molecule has 0 atom stereocenters. The number of carbonyl (C=O) groups is 2. The quantitative estimate of drug-likeness (QED) is 0.0679. The van der Waals surface area contributed by atoms with E-state index in [1.807, 2.05) is 71.9 Å². The van der Waals surface area contributed by atoms with Crippen molar-refractivity contribution in [2.45, 2.75) is 110 Å². The second-order valence-corrected chi connectivity index (χ2v) is 16.9. The lowest BCUT2D eigenvalue weighted by molar-refractivity contribution is -0.138. The number of hydrogen-bond acceptors (Lipinski definition) is 7. The Bertz CT molecular complexity index is 2140. The van der Waals surface area contributed by atoms with Crippen molar-refractivity contribution in [1.29, 1.82) is 0 Å². The van der Waals surface area contributed by atoms with Crippen LogP contribution in [0.3, 0.4) is 0 Å². The van der Waals surface area contributed by atoms with Gasteiger partial charge in [0.2, 0.25) is 0 Å². The van der Waals surface area contributed by atoms with Crippen LogP contribution in [0, 0.1) is 13.8 Å². The summed E-state index contributed by atoms with van der Waals surface area (Å²) in [6, 6.07) is 19.8. The van der Waals surface area contributed by atoms with Gasteiger partial charge in [-0.3, -0.25) is 9.59 Å². The maximum Gasteiger partial charge on any atom is 0.495 e. The van der Waals surface area contributed by atoms with E-state index in [2.05, 4.69) is 27.7 Å². The number of aryl methyl sites for hydroxylation is 2. The number of halogens is 7. The standard InChI is InChI=1S/C22H24BF3O3.C13H20BNO2.C8H4ClF3O/c1-14-9-10-15(11-18(14)23-28-20(2,3)21(4,5)29-23)12-19(27)16-7-6-8-17(13-16)22(24,25)26;1-9-6-7-10(15)8-11(9)14-16-12(2,3)13(4,5)17-14;9-7(13)5-2-1-3-6(4-5)8(10,11)12/h6-11,13H,12H2,1-5H3;6-8H,15H2,1-5H3;1-4H. The van der Waals surface area contributed by atoms with Crippen molar-refractivity contribution in [3.8, 4) is 0 Å². The van der Waals surface area contributed by atoms with Gasteiger partial charge in [0.1, 0.15) is 0 Å². The van der Waals surface area contributed by atoms with Crippen LogP contribution in [-0.2, 0) is 37.4 Å². The van der Waals surface area contributed by atoms with Crippen molar-refractivity contribution in [1.82, 2.24) is 0 Å². The van der Waals surface area contributed by atoms with E-state index >= 15 is 0 Å². The molecule has 0 unspecified atom stereocenters. The molecule has 4 aromatic carbocycles. The van der Waals surface area contributed by atoms with Crippen molar-refractivity contribution >= 4 is 53.5 Å². The number of carbonyl (C=O) groups excluding carboxylic acids is 2. The largest absolute Gasteiger partial charge is 0.495 e. The number of alkyl halides is 6. The van der Waals surface area contributed by atoms with Crippen molar-refractivity contribution in [2.24, 2.45) is 0 Å². The van der Waals surface area contributed by atoms with E-state index in [-0.39, 0.29) is 41.7 Å². The van der Waals surface area contributed by atoms with Gasteiger partial charge in [-0.2, -0.15) is 26.3 Å². The van der Waals surface area contributed by atoms with Crippen LogP contribution >= 0.6 is 11.6 Å². The number of rotatable bonds is 6. The molecule has 0 spiro atoms. The molecule has 0 aliphatic carbocycles. The highest BCUT2D eigenvalue weighted by atomic mass is 35.5. The number of benzene rings is 4. The molecule has 0 radical (unpaired) electrons. The summed E-state index contributed by atoms with van der Waals surface area (Å²) in [4.78, 5) is 23.1. The Hall–Kier alpha value is -4.14. The van der Waals surface area contributed by atoms with Crippen LogP contribution in [0.5, 0.6) is 0 Å². The van der Waals surface area contributed by atoms with Gasteiger partial charge in [0.15, 0.2) is 5.78 Å². The van der Waals surface area contributed by atoms with E-state index in [0.717, 1.165) is 58.1 Å². The Morgan fingerprint density at radius 2 is 0.983 bits per heavy atom. The first-order valence-corrected chi connectivity index (χ1v) is 19.1. The molecule has 7 nitrogen and oxygen atoms in total. The number of nitrogen functional groups attached to an aromatic ring is 1. The van der Waals surface area contributed by atoms with Crippen LogP contribution in [0.25, 0.3) is 0 Å². The zero-order valence-corrected chi connectivity index (χ0v) is 35.4. The Kier molecular flexibility index (Phi) is 14.1. The molecule has 16 heteroatoms. The molecule has 2 saturated heterocycles. The first-order chi connectivity index (χ1) is 26.9. The molecule has 0 bridgehead atoms. The average molecular weight is 846 g/mol. The molecule has 6 rings (SSSR count). The SMILES string of the molecule is Cc1ccc(CC(=O)c2cccc(C(F)(F)F)c2)cc1B1OC(C)(C)C(C)(C)O1.Cc1ccc(N)cc1B1OC(C)(C)C(C)(C)O1.O=C(Cl)c1cccc(C(F)(F)F)c1. The van der Waals surface area contributed by atoms with E-state index < -0.39 is 47.0 Å². The molecule has 2 aliphatic rings. The lowest BCUT2D eigenvalue weighted by Gasteiger charge is -2.32. The Labute approximate surface area is 347 Å². The molecule has 0 aromatic heterocycles. The Morgan fingerprint density at radius 3 is 1.41 bits per heavy atom. The summed E-state index contributed by atoms with van der Waals surface area (Å²) in [5, 5.41) is -0.897. The highest BCUT2D eigenvalue weighted by molar-refractivity contribution is 6.67. The van der Waals surface area contributed by atoms with E-state index in [1.54, 1.807) is 6.07 Å². The molecular weight excluding hydrogens is 798 g/mol. The summed E-state index contributed by atoms with van der Waals surface area (Å²) in [5.74, 6) is -0.375. The maximum atomic E-state index is 12.9. The molecule has 2 fully saturated rings. The average Bonchev–Trinajstić information content (AvgIpc) is 3.48. The van der Waals surface area contributed by atoms with Gasteiger partial charge in [0.05, 0.1) is 33.5 Å². The summed E-state index contributed by atoms with van der Waals surface area (Å²) >= 11 is 5.02. The number of ketones is 1. The molecule has 316 valence electrons. The molecule has 2 N–H and O–H groups in total. The van der Waals surface area contributed by atoms with E-state index in [1.165, 1.54) is 18.2 Å². The Morgan fingerprint density at radius 1 is 0.593 bits per heavy atom. The fourth-order valence-corrected chi connectivity index (χ4v) is 6.00. The van der Waals surface area contributed by atoms with Gasteiger partial charge in [-0.1, -0.05) is 59.7 Å². The maximum absolute atomic E-state index is 12.9. The van der Waals surface area contributed by atoms with E-state index in [4.69, 9.17) is 36.0 Å². The molecule has 2 aliphatic heterocycles. The normalized spacial score (nSPS) is 17.7. The summed E-state index contributed by atoms with van der Waals surface area (Å²) in [6.45, 7) is 20.0. The number of nitrogens with two attached hydrogens (primary N) is 1. The highest BCUT2D eigenvalue weighted by Gasteiger charge is 2.53. The summed E-state index contributed by atoms with van der Waals surface area (Å²) in [5.41, 5.74) is 7.75. The summed E-state index contributed by atoms with van der Waals surface area (Å²) in [7, 11) is -0.896. The molecular formula is C43H48B2ClF6NO6.